The quantitative estimate of drug-likeness (QED) is 0.869. The van der Waals surface area contributed by atoms with E-state index in [1.54, 1.807) is 0 Å². The second-order valence-corrected chi connectivity index (χ2v) is 9.40. The first-order chi connectivity index (χ1) is 13.1. The summed E-state index contributed by atoms with van der Waals surface area (Å²) in [5.74, 6) is 2.73. The normalized spacial score (nSPS) is 36.1. The third-order valence-corrected chi connectivity index (χ3v) is 7.84. The largest absolute Gasteiger partial charge is 0.352 e. The molecular weight excluding hydrogens is 336 g/mol. The van der Waals surface area contributed by atoms with Crippen molar-refractivity contribution in [3.8, 4) is 0 Å². The molecular formula is C22H32N4O. The third kappa shape index (κ3) is 3.14. The summed E-state index contributed by atoms with van der Waals surface area (Å²) in [4.78, 5) is 15.2. The zero-order chi connectivity index (χ0) is 18.5. The number of nitrogens with one attached hydrogen (secondary N) is 1. The molecule has 1 aromatic heterocycles. The van der Waals surface area contributed by atoms with Gasteiger partial charge in [-0.15, -0.1) is 0 Å². The molecule has 27 heavy (non-hydrogen) atoms. The van der Waals surface area contributed by atoms with E-state index in [9.17, 15) is 4.79 Å². The van der Waals surface area contributed by atoms with Gasteiger partial charge in [0.05, 0.1) is 12.2 Å². The Morgan fingerprint density at radius 3 is 2.85 bits per heavy atom. The van der Waals surface area contributed by atoms with Crippen molar-refractivity contribution in [3.05, 3.63) is 24.0 Å². The molecule has 6 unspecified atom stereocenters. The highest BCUT2D eigenvalue weighted by molar-refractivity contribution is 5.79. The molecule has 4 aliphatic rings. The van der Waals surface area contributed by atoms with Crippen LogP contribution in [0.25, 0.3) is 5.57 Å². The SMILES string of the molecule is CC(NC(=O)CN1C2C=C(c3ccnn3C)CC1CC2)C1CC2CCC1C2. The Morgan fingerprint density at radius 1 is 1.30 bits per heavy atom. The van der Waals surface area contributed by atoms with Gasteiger partial charge < -0.3 is 5.32 Å². The highest BCUT2D eigenvalue weighted by Crippen LogP contribution is 2.49. The lowest BCUT2D eigenvalue weighted by Crippen LogP contribution is -2.48. The van der Waals surface area contributed by atoms with E-state index >= 15 is 0 Å². The number of nitrogens with zero attached hydrogens (tertiary/aromatic N) is 3. The Balaban J connectivity index is 1.21. The summed E-state index contributed by atoms with van der Waals surface area (Å²) in [6.07, 6.45) is 13.2. The smallest absolute Gasteiger partial charge is 0.234 e. The fourth-order valence-electron chi connectivity index (χ4n) is 6.52. The first kappa shape index (κ1) is 17.5. The Bertz CT molecular complexity index is 753. The van der Waals surface area contributed by atoms with E-state index in [0.29, 0.717) is 30.6 Å². The van der Waals surface area contributed by atoms with Gasteiger partial charge in [0.15, 0.2) is 0 Å². The van der Waals surface area contributed by atoms with Gasteiger partial charge >= 0.3 is 0 Å². The molecule has 5 nitrogen and oxygen atoms in total. The number of hydrogen-bond acceptors (Lipinski definition) is 3. The van der Waals surface area contributed by atoms with Crippen molar-refractivity contribution >= 4 is 11.5 Å². The van der Waals surface area contributed by atoms with Crippen molar-refractivity contribution < 1.29 is 4.79 Å². The minimum atomic E-state index is 0.222. The van der Waals surface area contributed by atoms with Gasteiger partial charge in [-0.25, -0.2) is 0 Å². The second kappa shape index (κ2) is 6.77. The van der Waals surface area contributed by atoms with Gasteiger partial charge in [0.1, 0.15) is 0 Å². The van der Waals surface area contributed by atoms with Gasteiger partial charge in [0.2, 0.25) is 5.91 Å². The van der Waals surface area contributed by atoms with Crippen LogP contribution in [-0.2, 0) is 11.8 Å². The lowest BCUT2D eigenvalue weighted by Gasteiger charge is -2.34. The fourth-order valence-corrected chi connectivity index (χ4v) is 6.52. The number of aromatic nitrogens is 2. The van der Waals surface area contributed by atoms with Crippen LogP contribution in [0.4, 0.5) is 0 Å². The van der Waals surface area contributed by atoms with Crippen LogP contribution in [0.15, 0.2) is 18.3 Å². The fraction of sp³-hybridized carbons (Fsp3) is 0.727. The molecule has 2 saturated carbocycles. The van der Waals surface area contributed by atoms with E-state index in [1.165, 1.54) is 49.8 Å². The van der Waals surface area contributed by atoms with E-state index in [4.69, 9.17) is 0 Å². The van der Waals surface area contributed by atoms with Crippen LogP contribution >= 0.6 is 0 Å². The average Bonchev–Trinajstić information content (AvgIpc) is 3.40. The Labute approximate surface area is 162 Å². The zero-order valence-corrected chi connectivity index (χ0v) is 16.6. The molecule has 1 saturated heterocycles. The van der Waals surface area contributed by atoms with Crippen LogP contribution < -0.4 is 5.32 Å². The van der Waals surface area contributed by atoms with Crippen LogP contribution in [0.5, 0.6) is 0 Å². The van der Waals surface area contributed by atoms with E-state index < -0.39 is 0 Å². The Kier molecular flexibility index (Phi) is 4.38. The molecule has 2 aliphatic heterocycles. The number of rotatable bonds is 5. The molecule has 5 heteroatoms. The summed E-state index contributed by atoms with van der Waals surface area (Å²) in [5, 5.41) is 7.67. The Hall–Kier alpha value is -1.62. The summed E-state index contributed by atoms with van der Waals surface area (Å²) >= 11 is 0. The number of hydrogen-bond donors (Lipinski definition) is 1. The summed E-state index contributed by atoms with van der Waals surface area (Å²) < 4.78 is 1.96. The third-order valence-electron chi connectivity index (χ3n) is 7.84. The summed E-state index contributed by atoms with van der Waals surface area (Å²) in [6, 6.07) is 3.33. The lowest BCUT2D eigenvalue weighted by molar-refractivity contribution is -0.123. The topological polar surface area (TPSA) is 50.2 Å². The maximum atomic E-state index is 12.8. The molecule has 4 bridgehead atoms. The van der Waals surface area contributed by atoms with Crippen LogP contribution in [0.3, 0.4) is 0 Å². The molecule has 1 amide bonds. The number of carbonyl (C=O) groups excluding carboxylic acids is 1. The van der Waals surface area contributed by atoms with Crippen molar-refractivity contribution in [1.29, 1.82) is 0 Å². The van der Waals surface area contributed by atoms with Crippen molar-refractivity contribution in [2.45, 2.75) is 70.0 Å². The van der Waals surface area contributed by atoms with Crippen LogP contribution in [0.2, 0.25) is 0 Å². The molecule has 3 heterocycles. The molecule has 5 rings (SSSR count). The predicted molar refractivity (Wildman–Crippen MR) is 106 cm³/mol. The van der Waals surface area contributed by atoms with Gasteiger partial charge in [-0.1, -0.05) is 12.5 Å². The van der Waals surface area contributed by atoms with Gasteiger partial charge in [-0.2, -0.15) is 5.10 Å². The first-order valence-corrected chi connectivity index (χ1v) is 10.8. The number of fused-ring (bicyclic) bond motifs is 4. The molecule has 2 aliphatic carbocycles. The second-order valence-electron chi connectivity index (χ2n) is 9.40. The van der Waals surface area contributed by atoms with Crippen LogP contribution in [0.1, 0.15) is 57.6 Å². The number of amides is 1. The zero-order valence-electron chi connectivity index (χ0n) is 16.6. The van der Waals surface area contributed by atoms with Gasteiger partial charge in [0, 0.05) is 31.4 Å². The molecule has 0 radical (unpaired) electrons. The Morgan fingerprint density at radius 2 is 2.19 bits per heavy atom. The van der Waals surface area contributed by atoms with E-state index in [1.807, 2.05) is 17.9 Å². The first-order valence-electron chi connectivity index (χ1n) is 10.8. The molecule has 6 atom stereocenters. The highest BCUT2D eigenvalue weighted by atomic mass is 16.2. The van der Waals surface area contributed by atoms with Gasteiger partial charge in [-0.3, -0.25) is 14.4 Å². The van der Waals surface area contributed by atoms with Crippen LogP contribution in [0, 0.1) is 17.8 Å². The lowest BCUT2D eigenvalue weighted by atomic mass is 9.84. The monoisotopic (exact) mass is 368 g/mol. The van der Waals surface area contributed by atoms with Crippen molar-refractivity contribution in [2.75, 3.05) is 6.54 Å². The highest BCUT2D eigenvalue weighted by Gasteiger charge is 2.43. The summed E-state index contributed by atoms with van der Waals surface area (Å²) in [7, 11) is 2.01. The number of carbonyl (C=O) groups is 1. The maximum Gasteiger partial charge on any atom is 0.234 e. The van der Waals surface area contributed by atoms with Crippen molar-refractivity contribution in [3.63, 3.8) is 0 Å². The van der Waals surface area contributed by atoms with Gasteiger partial charge in [0.25, 0.3) is 0 Å². The molecule has 1 aromatic rings. The van der Waals surface area contributed by atoms with E-state index in [2.05, 4.69) is 34.4 Å². The standard InChI is InChI=1S/C22H32N4O/c1-14(20-10-15-3-4-16(20)9-15)24-22(27)13-26-18-5-6-19(26)12-17(11-18)21-7-8-23-25(21)2/h7-8,11,14-16,18-20H,3-6,9-10,12-13H2,1-2H3,(H,24,27). The molecule has 146 valence electrons. The number of aryl methyl sites for hydroxylation is 1. The molecule has 1 N–H and O–H groups in total. The predicted octanol–water partition coefficient (Wildman–Crippen LogP) is 2.98. The molecule has 0 aromatic carbocycles. The molecule has 0 spiro atoms. The minimum absolute atomic E-state index is 0.222. The van der Waals surface area contributed by atoms with Gasteiger partial charge in [-0.05, 0) is 74.8 Å². The maximum absolute atomic E-state index is 12.8. The minimum Gasteiger partial charge on any atom is -0.352 e. The molecule has 3 fully saturated rings. The van der Waals surface area contributed by atoms with Crippen LogP contribution in [-0.4, -0.2) is 45.3 Å². The van der Waals surface area contributed by atoms with E-state index in [0.717, 1.165) is 18.3 Å². The average molecular weight is 369 g/mol. The summed E-state index contributed by atoms with van der Waals surface area (Å²) in [6.45, 7) is 2.78. The van der Waals surface area contributed by atoms with E-state index in [-0.39, 0.29) is 5.91 Å². The van der Waals surface area contributed by atoms with Crippen molar-refractivity contribution in [2.24, 2.45) is 24.8 Å². The van der Waals surface area contributed by atoms with Crippen molar-refractivity contribution in [1.82, 2.24) is 20.0 Å². The summed E-state index contributed by atoms with van der Waals surface area (Å²) in [5.41, 5.74) is 2.62.